The minimum absolute atomic E-state index is 0.278. The average Bonchev–Trinajstić information content (AvgIpc) is 2.50. The molecule has 2 aliphatic heterocycles. The third-order valence-corrected chi connectivity index (χ3v) is 2.55. The van der Waals surface area contributed by atoms with Crippen molar-refractivity contribution in [3.05, 3.63) is 12.2 Å². The fraction of sp³-hybridized carbons (Fsp3) is 0.600. The molecule has 0 radical (unpaired) electrons. The van der Waals surface area contributed by atoms with Crippen molar-refractivity contribution in [2.75, 3.05) is 6.54 Å². The lowest BCUT2D eigenvalue weighted by atomic mass is 10.1. The number of hydrogen-bond donors (Lipinski definition) is 0. The molecule has 3 atom stereocenters. The summed E-state index contributed by atoms with van der Waals surface area (Å²) in [6, 6.07) is 0. The number of aliphatic imine (C=N–C) groups is 1. The third-order valence-electron chi connectivity index (χ3n) is 2.55. The van der Waals surface area contributed by atoms with Crippen molar-refractivity contribution in [3.63, 3.8) is 0 Å². The van der Waals surface area contributed by atoms with Gasteiger partial charge in [-0.3, -0.25) is 9.79 Å². The molecular formula is C10H13FN2O. The molecule has 14 heavy (non-hydrogen) atoms. The smallest absolute Gasteiger partial charge is 0.259 e. The molecule has 2 heterocycles. The number of likely N-dealkylation sites (tertiary alicyclic amines) is 1. The molecule has 0 saturated carbocycles. The highest BCUT2D eigenvalue weighted by molar-refractivity contribution is 5.83. The van der Waals surface area contributed by atoms with Crippen molar-refractivity contribution in [1.29, 1.82) is 0 Å². The Kier molecular flexibility index (Phi) is 2.35. The summed E-state index contributed by atoms with van der Waals surface area (Å²) in [6.45, 7) is 2.49. The van der Waals surface area contributed by atoms with E-state index < -0.39 is 12.1 Å². The zero-order chi connectivity index (χ0) is 10.1. The van der Waals surface area contributed by atoms with Gasteiger partial charge in [0.15, 0.2) is 6.17 Å². The number of rotatable bonds is 1. The second-order valence-corrected chi connectivity index (χ2v) is 3.74. The van der Waals surface area contributed by atoms with Crippen molar-refractivity contribution >= 4 is 12.1 Å². The molecule has 3 unspecified atom stereocenters. The highest BCUT2D eigenvalue weighted by Crippen LogP contribution is 2.20. The minimum Gasteiger partial charge on any atom is -0.314 e. The van der Waals surface area contributed by atoms with Crippen molar-refractivity contribution in [2.45, 2.75) is 25.7 Å². The van der Waals surface area contributed by atoms with E-state index in [1.165, 1.54) is 4.90 Å². The van der Waals surface area contributed by atoms with E-state index >= 15 is 0 Å². The van der Waals surface area contributed by atoms with Crippen molar-refractivity contribution in [1.82, 2.24) is 4.90 Å². The number of carbonyl (C=O) groups excluding carboxylic acids is 1. The Bertz CT molecular complexity index is 286. The number of allylic oxidation sites excluding steroid dienone is 1. The van der Waals surface area contributed by atoms with Gasteiger partial charge in [-0.2, -0.15) is 0 Å². The molecule has 76 valence electrons. The van der Waals surface area contributed by atoms with Crippen LogP contribution < -0.4 is 0 Å². The molecule has 0 aromatic carbocycles. The zero-order valence-electron chi connectivity index (χ0n) is 8.06. The third kappa shape index (κ3) is 1.56. The first kappa shape index (κ1) is 9.37. The number of dihydropyridines is 1. The summed E-state index contributed by atoms with van der Waals surface area (Å²) in [6.07, 6.45) is 4.34. The Labute approximate surface area is 82.3 Å². The van der Waals surface area contributed by atoms with Gasteiger partial charge in [0.1, 0.15) is 6.17 Å². The van der Waals surface area contributed by atoms with Crippen LogP contribution in [-0.2, 0) is 4.79 Å². The Balaban J connectivity index is 2.07. The molecule has 2 rings (SSSR count). The molecule has 2 aliphatic rings. The lowest BCUT2D eigenvalue weighted by molar-refractivity contribution is -0.132. The topological polar surface area (TPSA) is 32.7 Å². The SMILES string of the molecule is CC1C=CC(N2CCC(F)C2=O)N=C1. The summed E-state index contributed by atoms with van der Waals surface area (Å²) in [5.41, 5.74) is 0. The van der Waals surface area contributed by atoms with Crippen LogP contribution in [0, 0.1) is 5.92 Å². The van der Waals surface area contributed by atoms with Gasteiger partial charge < -0.3 is 4.90 Å². The van der Waals surface area contributed by atoms with Gasteiger partial charge in [-0.05, 0) is 6.08 Å². The lowest BCUT2D eigenvalue weighted by Crippen LogP contribution is -2.36. The van der Waals surface area contributed by atoms with Crippen LogP contribution in [0.15, 0.2) is 17.1 Å². The molecule has 0 aromatic heterocycles. The maximum absolute atomic E-state index is 12.9. The highest BCUT2D eigenvalue weighted by atomic mass is 19.1. The van der Waals surface area contributed by atoms with E-state index in [1.807, 2.05) is 19.1 Å². The largest absolute Gasteiger partial charge is 0.314 e. The standard InChI is InChI=1S/C10H13FN2O/c1-7-2-3-9(12-6-7)13-5-4-8(11)10(13)14/h2-3,6-9H,4-5H2,1H3. The van der Waals surface area contributed by atoms with Crippen LogP contribution in [0.4, 0.5) is 4.39 Å². The van der Waals surface area contributed by atoms with Gasteiger partial charge in [-0.25, -0.2) is 4.39 Å². The van der Waals surface area contributed by atoms with E-state index in [0.717, 1.165) is 0 Å². The van der Waals surface area contributed by atoms with Crippen LogP contribution >= 0.6 is 0 Å². The molecule has 0 spiro atoms. The van der Waals surface area contributed by atoms with Crippen LogP contribution in [0.3, 0.4) is 0 Å². The molecule has 1 amide bonds. The van der Waals surface area contributed by atoms with Crippen LogP contribution in [0.5, 0.6) is 0 Å². The first-order chi connectivity index (χ1) is 6.68. The molecule has 0 aromatic rings. The molecule has 3 nitrogen and oxygen atoms in total. The van der Waals surface area contributed by atoms with Gasteiger partial charge in [0.05, 0.1) is 0 Å². The fourth-order valence-electron chi connectivity index (χ4n) is 1.71. The summed E-state index contributed by atoms with van der Waals surface area (Å²) < 4.78 is 12.9. The number of alkyl halides is 1. The van der Waals surface area contributed by atoms with Gasteiger partial charge in [0.2, 0.25) is 0 Å². The second-order valence-electron chi connectivity index (χ2n) is 3.74. The molecule has 0 bridgehead atoms. The predicted octanol–water partition coefficient (Wildman–Crippen LogP) is 1.16. The van der Waals surface area contributed by atoms with Gasteiger partial charge in [-0.15, -0.1) is 0 Å². The first-order valence-electron chi connectivity index (χ1n) is 4.84. The highest BCUT2D eigenvalue weighted by Gasteiger charge is 2.35. The predicted molar refractivity (Wildman–Crippen MR) is 51.8 cm³/mol. The summed E-state index contributed by atoms with van der Waals surface area (Å²) in [5, 5.41) is 0. The van der Waals surface area contributed by atoms with Crippen LogP contribution in [0.25, 0.3) is 0 Å². The van der Waals surface area contributed by atoms with Crippen molar-refractivity contribution < 1.29 is 9.18 Å². The normalized spacial score (nSPS) is 36.9. The quantitative estimate of drug-likeness (QED) is 0.579. The summed E-state index contributed by atoms with van der Waals surface area (Å²) >= 11 is 0. The second kappa shape index (κ2) is 3.52. The number of halogens is 1. The Morgan fingerprint density at radius 3 is 2.86 bits per heavy atom. The van der Waals surface area contributed by atoms with E-state index in [1.54, 1.807) is 6.21 Å². The van der Waals surface area contributed by atoms with E-state index in [4.69, 9.17) is 0 Å². The van der Waals surface area contributed by atoms with Crippen LogP contribution in [0.2, 0.25) is 0 Å². The monoisotopic (exact) mass is 196 g/mol. The number of hydrogen-bond acceptors (Lipinski definition) is 2. The molecule has 1 fully saturated rings. The summed E-state index contributed by atoms with van der Waals surface area (Å²) in [7, 11) is 0. The number of amides is 1. The molecule has 0 N–H and O–H groups in total. The number of nitrogens with zero attached hydrogens (tertiary/aromatic N) is 2. The molecular weight excluding hydrogens is 183 g/mol. The van der Waals surface area contributed by atoms with E-state index in [9.17, 15) is 9.18 Å². The van der Waals surface area contributed by atoms with Crippen molar-refractivity contribution in [2.24, 2.45) is 10.9 Å². The zero-order valence-corrected chi connectivity index (χ0v) is 8.06. The van der Waals surface area contributed by atoms with E-state index in [0.29, 0.717) is 18.9 Å². The summed E-state index contributed by atoms with van der Waals surface area (Å²) in [4.78, 5) is 17.0. The maximum Gasteiger partial charge on any atom is 0.259 e. The average molecular weight is 196 g/mol. The van der Waals surface area contributed by atoms with E-state index in [2.05, 4.69) is 4.99 Å². The lowest BCUT2D eigenvalue weighted by Gasteiger charge is -2.23. The number of carbonyl (C=O) groups is 1. The van der Waals surface area contributed by atoms with Gasteiger partial charge in [0, 0.05) is 25.1 Å². The summed E-state index contributed by atoms with van der Waals surface area (Å²) in [5.74, 6) is -0.114. The minimum atomic E-state index is -1.32. The van der Waals surface area contributed by atoms with Crippen LogP contribution in [0.1, 0.15) is 13.3 Å². The van der Waals surface area contributed by atoms with Gasteiger partial charge >= 0.3 is 0 Å². The first-order valence-corrected chi connectivity index (χ1v) is 4.84. The Hall–Kier alpha value is -1.19. The maximum atomic E-state index is 12.9. The van der Waals surface area contributed by atoms with E-state index in [-0.39, 0.29) is 6.17 Å². The van der Waals surface area contributed by atoms with Crippen LogP contribution in [-0.4, -0.2) is 35.9 Å². The van der Waals surface area contributed by atoms with Crippen molar-refractivity contribution in [3.8, 4) is 0 Å². The van der Waals surface area contributed by atoms with Gasteiger partial charge in [-0.1, -0.05) is 13.0 Å². The Morgan fingerprint density at radius 2 is 2.36 bits per heavy atom. The molecule has 4 heteroatoms. The molecule has 1 saturated heterocycles. The molecule has 0 aliphatic carbocycles. The Morgan fingerprint density at radius 1 is 1.57 bits per heavy atom. The fourth-order valence-corrected chi connectivity index (χ4v) is 1.71. The van der Waals surface area contributed by atoms with Gasteiger partial charge in [0.25, 0.3) is 5.91 Å².